The molecule has 2 aromatic carbocycles. The number of carbonyl (C=O) groups is 1. The van der Waals surface area contributed by atoms with Crippen molar-refractivity contribution in [2.75, 3.05) is 4.90 Å². The van der Waals surface area contributed by atoms with Crippen LogP contribution < -0.4 is 9.64 Å². The molecule has 2 aromatic rings. The number of ether oxygens (including phenoxy) is 1. The summed E-state index contributed by atoms with van der Waals surface area (Å²) in [5.74, 6) is 1.19. The van der Waals surface area contributed by atoms with Crippen LogP contribution in [0.4, 0.5) is 5.69 Å². The second-order valence-electron chi connectivity index (χ2n) is 7.35. The summed E-state index contributed by atoms with van der Waals surface area (Å²) in [5, 5.41) is 0. The molecule has 3 rings (SSSR count). The molecule has 1 amide bonds. The van der Waals surface area contributed by atoms with E-state index in [4.69, 9.17) is 4.74 Å². The van der Waals surface area contributed by atoms with E-state index < -0.39 is 6.10 Å². The standard InChI is InChI=1S/C22H27NO2/c1-14(2)19-11-10-15(3)12-21(19)25-17(5)22(24)23-16(4)13-18-8-6-7-9-20(18)23/h6-12,14,16-17H,13H2,1-5H3. The highest BCUT2D eigenvalue weighted by Crippen LogP contribution is 2.33. The van der Waals surface area contributed by atoms with Crippen molar-refractivity contribution in [3.05, 3.63) is 59.2 Å². The first-order chi connectivity index (χ1) is 11.9. The van der Waals surface area contributed by atoms with Crippen LogP contribution >= 0.6 is 0 Å². The normalized spacial score (nSPS) is 17.5. The molecule has 2 atom stereocenters. The molecule has 0 aromatic heterocycles. The molecule has 0 saturated heterocycles. The maximum atomic E-state index is 13.1. The van der Waals surface area contributed by atoms with Crippen molar-refractivity contribution >= 4 is 11.6 Å². The summed E-state index contributed by atoms with van der Waals surface area (Å²) in [4.78, 5) is 15.0. The van der Waals surface area contributed by atoms with Crippen molar-refractivity contribution in [1.29, 1.82) is 0 Å². The molecular formula is C22H27NO2. The van der Waals surface area contributed by atoms with E-state index in [9.17, 15) is 4.79 Å². The fraction of sp³-hybridized carbons (Fsp3) is 0.409. The minimum Gasteiger partial charge on any atom is -0.481 e. The Morgan fingerprint density at radius 2 is 1.88 bits per heavy atom. The first-order valence-corrected chi connectivity index (χ1v) is 9.06. The second-order valence-corrected chi connectivity index (χ2v) is 7.35. The summed E-state index contributed by atoms with van der Waals surface area (Å²) < 4.78 is 6.13. The van der Waals surface area contributed by atoms with Crippen molar-refractivity contribution in [3.8, 4) is 5.75 Å². The molecule has 0 fully saturated rings. The lowest BCUT2D eigenvalue weighted by molar-refractivity contribution is -0.124. The zero-order chi connectivity index (χ0) is 18.1. The SMILES string of the molecule is Cc1ccc(C(C)C)c(OC(C)C(=O)N2c3ccccc3CC2C)c1. The van der Waals surface area contributed by atoms with Crippen LogP contribution in [0.25, 0.3) is 0 Å². The van der Waals surface area contributed by atoms with Gasteiger partial charge in [0.15, 0.2) is 6.10 Å². The molecule has 2 unspecified atom stereocenters. The van der Waals surface area contributed by atoms with Gasteiger partial charge in [0.2, 0.25) is 0 Å². The number of hydrogen-bond donors (Lipinski definition) is 0. The molecule has 0 saturated carbocycles. The highest BCUT2D eigenvalue weighted by molar-refractivity contribution is 5.99. The largest absolute Gasteiger partial charge is 0.481 e. The van der Waals surface area contributed by atoms with Gasteiger partial charge in [-0.3, -0.25) is 4.79 Å². The number of aryl methyl sites for hydroxylation is 1. The maximum Gasteiger partial charge on any atom is 0.268 e. The van der Waals surface area contributed by atoms with Crippen molar-refractivity contribution in [1.82, 2.24) is 0 Å². The van der Waals surface area contributed by atoms with E-state index in [0.717, 1.165) is 29.0 Å². The van der Waals surface area contributed by atoms with Gasteiger partial charge in [0.05, 0.1) is 0 Å². The summed E-state index contributed by atoms with van der Waals surface area (Å²) in [6.45, 7) is 10.3. The molecule has 1 aliphatic heterocycles. The molecular weight excluding hydrogens is 310 g/mol. The molecule has 0 bridgehead atoms. The Morgan fingerprint density at radius 3 is 2.60 bits per heavy atom. The van der Waals surface area contributed by atoms with E-state index in [-0.39, 0.29) is 11.9 Å². The minimum absolute atomic E-state index is 0.0219. The predicted molar refractivity (Wildman–Crippen MR) is 102 cm³/mol. The van der Waals surface area contributed by atoms with Crippen LogP contribution in [0.1, 0.15) is 50.3 Å². The number of carbonyl (C=O) groups excluding carboxylic acids is 1. The Morgan fingerprint density at radius 1 is 1.16 bits per heavy atom. The van der Waals surface area contributed by atoms with E-state index in [1.165, 1.54) is 5.56 Å². The fourth-order valence-corrected chi connectivity index (χ4v) is 3.56. The second kappa shape index (κ2) is 6.91. The third kappa shape index (κ3) is 3.41. The third-order valence-electron chi connectivity index (χ3n) is 4.89. The highest BCUT2D eigenvalue weighted by atomic mass is 16.5. The van der Waals surface area contributed by atoms with Crippen LogP contribution in [0, 0.1) is 6.92 Å². The van der Waals surface area contributed by atoms with Gasteiger partial charge in [0, 0.05) is 11.7 Å². The van der Waals surface area contributed by atoms with E-state index in [1.54, 1.807) is 0 Å². The number of fused-ring (bicyclic) bond motifs is 1. The monoisotopic (exact) mass is 337 g/mol. The first kappa shape index (κ1) is 17.5. The lowest BCUT2D eigenvalue weighted by atomic mass is 10.0. The quantitative estimate of drug-likeness (QED) is 0.797. The van der Waals surface area contributed by atoms with Gasteiger partial charge in [-0.05, 0) is 61.9 Å². The van der Waals surface area contributed by atoms with Crippen molar-refractivity contribution in [2.24, 2.45) is 0 Å². The number of rotatable bonds is 4. The summed E-state index contributed by atoms with van der Waals surface area (Å²) in [7, 11) is 0. The Balaban J connectivity index is 1.84. The van der Waals surface area contributed by atoms with Crippen LogP contribution in [0.5, 0.6) is 5.75 Å². The zero-order valence-electron chi connectivity index (χ0n) is 15.7. The molecule has 3 heteroatoms. The molecule has 3 nitrogen and oxygen atoms in total. The number of para-hydroxylation sites is 1. The Bertz CT molecular complexity index is 781. The summed E-state index contributed by atoms with van der Waals surface area (Å²) in [6, 6.07) is 14.5. The van der Waals surface area contributed by atoms with E-state index >= 15 is 0 Å². The fourth-order valence-electron chi connectivity index (χ4n) is 3.56. The highest BCUT2D eigenvalue weighted by Gasteiger charge is 2.34. The smallest absolute Gasteiger partial charge is 0.268 e. The summed E-state index contributed by atoms with van der Waals surface area (Å²) in [5.41, 5.74) is 4.52. The first-order valence-electron chi connectivity index (χ1n) is 9.06. The lowest BCUT2D eigenvalue weighted by Gasteiger charge is -2.27. The van der Waals surface area contributed by atoms with Gasteiger partial charge < -0.3 is 9.64 Å². The molecule has 0 aliphatic carbocycles. The lowest BCUT2D eigenvalue weighted by Crippen LogP contribution is -2.43. The van der Waals surface area contributed by atoms with E-state index in [1.807, 2.05) is 43.0 Å². The van der Waals surface area contributed by atoms with Crippen molar-refractivity contribution in [2.45, 2.75) is 59.1 Å². The molecule has 1 aliphatic rings. The molecule has 0 spiro atoms. The van der Waals surface area contributed by atoms with Crippen molar-refractivity contribution < 1.29 is 9.53 Å². The van der Waals surface area contributed by atoms with Gasteiger partial charge in [-0.1, -0.05) is 44.2 Å². The van der Waals surface area contributed by atoms with Gasteiger partial charge in [-0.25, -0.2) is 0 Å². The number of anilines is 1. The van der Waals surface area contributed by atoms with Crippen molar-refractivity contribution in [3.63, 3.8) is 0 Å². The van der Waals surface area contributed by atoms with Crippen LogP contribution in [0.15, 0.2) is 42.5 Å². The average molecular weight is 337 g/mol. The van der Waals surface area contributed by atoms with Gasteiger partial charge in [-0.15, -0.1) is 0 Å². The van der Waals surface area contributed by atoms with Gasteiger partial charge in [0.1, 0.15) is 5.75 Å². The Kier molecular flexibility index (Phi) is 4.85. The van der Waals surface area contributed by atoms with Gasteiger partial charge >= 0.3 is 0 Å². The van der Waals surface area contributed by atoms with E-state index in [0.29, 0.717) is 5.92 Å². The van der Waals surface area contributed by atoms with Crippen LogP contribution in [-0.2, 0) is 11.2 Å². The number of amides is 1. The number of hydrogen-bond acceptors (Lipinski definition) is 2. The molecule has 132 valence electrons. The van der Waals surface area contributed by atoms with Gasteiger partial charge in [0.25, 0.3) is 5.91 Å². The predicted octanol–water partition coefficient (Wildman–Crippen LogP) is 4.86. The van der Waals surface area contributed by atoms with Crippen LogP contribution in [0.2, 0.25) is 0 Å². The summed E-state index contributed by atoms with van der Waals surface area (Å²) in [6.07, 6.45) is 0.379. The minimum atomic E-state index is -0.520. The van der Waals surface area contributed by atoms with Gasteiger partial charge in [-0.2, -0.15) is 0 Å². The number of nitrogens with zero attached hydrogens (tertiary/aromatic N) is 1. The topological polar surface area (TPSA) is 29.5 Å². The Labute approximate surface area is 150 Å². The molecule has 0 N–H and O–H groups in total. The van der Waals surface area contributed by atoms with Crippen LogP contribution in [-0.4, -0.2) is 18.1 Å². The van der Waals surface area contributed by atoms with E-state index in [2.05, 4.69) is 39.0 Å². The molecule has 25 heavy (non-hydrogen) atoms. The third-order valence-corrected chi connectivity index (χ3v) is 4.89. The number of benzene rings is 2. The van der Waals surface area contributed by atoms with Crippen LogP contribution in [0.3, 0.4) is 0 Å². The molecule has 1 heterocycles. The summed E-state index contributed by atoms with van der Waals surface area (Å²) >= 11 is 0. The average Bonchev–Trinajstić information content (AvgIpc) is 2.89. The molecule has 0 radical (unpaired) electrons. The Hall–Kier alpha value is -2.29. The maximum absolute atomic E-state index is 13.1. The zero-order valence-corrected chi connectivity index (χ0v) is 15.7.